The van der Waals surface area contributed by atoms with Gasteiger partial charge in [-0.15, -0.1) is 0 Å². The first-order valence-electron chi connectivity index (χ1n) is 6.08. The van der Waals surface area contributed by atoms with E-state index in [1.807, 2.05) is 0 Å². The quantitative estimate of drug-likeness (QED) is 0.826. The maximum atomic E-state index is 6.06. The van der Waals surface area contributed by atoms with Gasteiger partial charge in [0, 0.05) is 25.3 Å². The molecule has 0 bridgehead atoms. The number of anilines is 1. The predicted octanol–water partition coefficient (Wildman–Crippen LogP) is 2.87. The van der Waals surface area contributed by atoms with E-state index in [0.29, 0.717) is 0 Å². The van der Waals surface area contributed by atoms with Gasteiger partial charge in [0.05, 0.1) is 0 Å². The Labute approximate surface area is 99.5 Å². The van der Waals surface area contributed by atoms with Gasteiger partial charge < -0.3 is 10.6 Å². The van der Waals surface area contributed by atoms with Crippen LogP contribution >= 0.6 is 0 Å². The number of aryl methyl sites for hydroxylation is 2. The van der Waals surface area contributed by atoms with E-state index in [1.54, 1.807) is 0 Å². The summed E-state index contributed by atoms with van der Waals surface area (Å²) >= 11 is 0. The first-order valence-corrected chi connectivity index (χ1v) is 6.08. The molecule has 0 saturated heterocycles. The van der Waals surface area contributed by atoms with Crippen LogP contribution in [0.5, 0.6) is 0 Å². The van der Waals surface area contributed by atoms with Crippen molar-refractivity contribution < 1.29 is 0 Å². The molecule has 2 heteroatoms. The van der Waals surface area contributed by atoms with Crippen LogP contribution in [0, 0.1) is 13.8 Å². The lowest BCUT2D eigenvalue weighted by atomic mass is 10.1. The topological polar surface area (TPSA) is 29.3 Å². The largest absolute Gasteiger partial charge is 0.373 e. The normalized spacial score (nSPS) is 12.6. The zero-order chi connectivity index (χ0) is 12.1. The van der Waals surface area contributed by atoms with E-state index in [9.17, 15) is 0 Å². The minimum absolute atomic E-state index is 0.274. The number of hydrogen-bond donors (Lipinski definition) is 1. The van der Waals surface area contributed by atoms with Crippen LogP contribution < -0.4 is 10.6 Å². The highest BCUT2D eigenvalue weighted by molar-refractivity contribution is 5.53. The second-order valence-electron chi connectivity index (χ2n) is 4.72. The van der Waals surface area contributed by atoms with E-state index in [0.717, 1.165) is 19.4 Å². The lowest BCUT2D eigenvalue weighted by molar-refractivity contribution is 0.597. The summed E-state index contributed by atoms with van der Waals surface area (Å²) in [6.45, 7) is 7.39. The Morgan fingerprint density at radius 3 is 2.56 bits per heavy atom. The van der Waals surface area contributed by atoms with E-state index < -0.39 is 0 Å². The number of nitrogens with two attached hydrogens (primary N) is 1. The molecule has 0 fully saturated rings. The van der Waals surface area contributed by atoms with Crippen molar-refractivity contribution >= 4 is 5.69 Å². The molecule has 1 aromatic rings. The van der Waals surface area contributed by atoms with Gasteiger partial charge in [-0.3, -0.25) is 0 Å². The Hall–Kier alpha value is -1.02. The minimum Gasteiger partial charge on any atom is -0.373 e. The molecule has 0 aliphatic heterocycles. The average molecular weight is 220 g/mol. The molecule has 0 amide bonds. The van der Waals surface area contributed by atoms with E-state index in [2.05, 4.69) is 50.9 Å². The summed E-state index contributed by atoms with van der Waals surface area (Å²) < 4.78 is 0. The van der Waals surface area contributed by atoms with Crippen LogP contribution in [0.15, 0.2) is 18.2 Å². The molecule has 0 aliphatic carbocycles. The Bertz CT molecular complexity index is 334. The molecule has 0 aromatic heterocycles. The molecule has 0 radical (unpaired) electrons. The fraction of sp³-hybridized carbons (Fsp3) is 0.571. The van der Waals surface area contributed by atoms with Crippen LogP contribution in [0.3, 0.4) is 0 Å². The molecule has 1 aromatic carbocycles. The highest BCUT2D eigenvalue weighted by atomic mass is 15.1. The summed E-state index contributed by atoms with van der Waals surface area (Å²) in [7, 11) is 2.12. The van der Waals surface area contributed by atoms with Gasteiger partial charge in [-0.05, 0) is 31.9 Å². The number of benzene rings is 1. The average Bonchev–Trinajstić information content (AvgIpc) is 2.17. The maximum absolute atomic E-state index is 6.06. The van der Waals surface area contributed by atoms with Crippen LogP contribution in [-0.2, 0) is 0 Å². The number of nitrogens with zero attached hydrogens (tertiary/aromatic N) is 1. The Morgan fingerprint density at radius 2 is 2.00 bits per heavy atom. The molecule has 0 aliphatic rings. The first-order chi connectivity index (χ1) is 7.54. The molecule has 1 unspecified atom stereocenters. The van der Waals surface area contributed by atoms with Crippen LogP contribution in [0.1, 0.15) is 30.9 Å². The zero-order valence-electron chi connectivity index (χ0n) is 11.0. The highest BCUT2D eigenvalue weighted by Gasteiger charge is 2.08. The minimum atomic E-state index is 0.274. The second kappa shape index (κ2) is 5.90. The van der Waals surface area contributed by atoms with Gasteiger partial charge in [-0.2, -0.15) is 0 Å². The van der Waals surface area contributed by atoms with Gasteiger partial charge in [0.25, 0.3) is 0 Å². The van der Waals surface area contributed by atoms with Gasteiger partial charge in [-0.25, -0.2) is 0 Å². The lowest BCUT2D eigenvalue weighted by Gasteiger charge is -2.25. The Kier molecular flexibility index (Phi) is 4.81. The fourth-order valence-electron chi connectivity index (χ4n) is 2.15. The third-order valence-electron chi connectivity index (χ3n) is 2.93. The van der Waals surface area contributed by atoms with E-state index >= 15 is 0 Å². The van der Waals surface area contributed by atoms with Crippen molar-refractivity contribution in [2.24, 2.45) is 5.73 Å². The van der Waals surface area contributed by atoms with Gasteiger partial charge in [0.2, 0.25) is 0 Å². The van der Waals surface area contributed by atoms with E-state index in [-0.39, 0.29) is 6.04 Å². The van der Waals surface area contributed by atoms with Crippen LogP contribution in [-0.4, -0.2) is 19.6 Å². The van der Waals surface area contributed by atoms with Crippen molar-refractivity contribution in [3.05, 3.63) is 29.3 Å². The second-order valence-corrected chi connectivity index (χ2v) is 4.72. The summed E-state index contributed by atoms with van der Waals surface area (Å²) in [5.74, 6) is 0. The van der Waals surface area contributed by atoms with E-state index in [4.69, 9.17) is 5.73 Å². The van der Waals surface area contributed by atoms with E-state index in [1.165, 1.54) is 16.8 Å². The van der Waals surface area contributed by atoms with Crippen molar-refractivity contribution in [2.45, 2.75) is 39.7 Å². The summed E-state index contributed by atoms with van der Waals surface area (Å²) in [6, 6.07) is 6.83. The molecule has 1 rings (SSSR count). The number of rotatable bonds is 5. The molecule has 1 atom stereocenters. The molecular weight excluding hydrogens is 196 g/mol. The molecule has 0 spiro atoms. The zero-order valence-corrected chi connectivity index (χ0v) is 11.0. The third-order valence-corrected chi connectivity index (χ3v) is 2.93. The van der Waals surface area contributed by atoms with Crippen molar-refractivity contribution in [2.75, 3.05) is 18.5 Å². The van der Waals surface area contributed by atoms with Crippen molar-refractivity contribution in [3.8, 4) is 0 Å². The monoisotopic (exact) mass is 220 g/mol. The number of hydrogen-bond acceptors (Lipinski definition) is 2. The van der Waals surface area contributed by atoms with Gasteiger partial charge in [-0.1, -0.05) is 31.0 Å². The van der Waals surface area contributed by atoms with Crippen molar-refractivity contribution in [1.29, 1.82) is 0 Å². The summed E-state index contributed by atoms with van der Waals surface area (Å²) in [5.41, 5.74) is 9.99. The smallest absolute Gasteiger partial charge is 0.0394 e. The SMILES string of the molecule is CCCC(N)CN(C)c1ccc(C)cc1C. The molecule has 0 saturated carbocycles. The standard InChI is InChI=1S/C14H24N2/c1-5-6-13(15)10-16(4)14-8-7-11(2)9-12(14)3/h7-9,13H,5-6,10,15H2,1-4H3. The molecule has 2 N–H and O–H groups in total. The fourth-order valence-corrected chi connectivity index (χ4v) is 2.15. The molecule has 90 valence electrons. The van der Waals surface area contributed by atoms with Crippen molar-refractivity contribution in [3.63, 3.8) is 0 Å². The van der Waals surface area contributed by atoms with Gasteiger partial charge in [0.1, 0.15) is 0 Å². The molecule has 2 nitrogen and oxygen atoms in total. The Morgan fingerprint density at radius 1 is 1.31 bits per heavy atom. The van der Waals surface area contributed by atoms with Crippen LogP contribution in [0.4, 0.5) is 5.69 Å². The maximum Gasteiger partial charge on any atom is 0.0394 e. The summed E-state index contributed by atoms with van der Waals surface area (Å²) in [6.07, 6.45) is 2.25. The summed E-state index contributed by atoms with van der Waals surface area (Å²) in [5, 5.41) is 0. The Balaban J connectivity index is 2.69. The van der Waals surface area contributed by atoms with Crippen LogP contribution in [0.25, 0.3) is 0 Å². The third kappa shape index (κ3) is 3.53. The lowest BCUT2D eigenvalue weighted by Crippen LogP contribution is -2.35. The molecule has 16 heavy (non-hydrogen) atoms. The summed E-state index contributed by atoms with van der Waals surface area (Å²) in [4.78, 5) is 2.26. The van der Waals surface area contributed by atoms with Gasteiger partial charge >= 0.3 is 0 Å². The predicted molar refractivity (Wildman–Crippen MR) is 72.1 cm³/mol. The first kappa shape index (κ1) is 13.0. The van der Waals surface area contributed by atoms with Gasteiger partial charge in [0.15, 0.2) is 0 Å². The molecule has 0 heterocycles. The van der Waals surface area contributed by atoms with Crippen molar-refractivity contribution in [1.82, 2.24) is 0 Å². The van der Waals surface area contributed by atoms with Crippen LogP contribution in [0.2, 0.25) is 0 Å². The highest BCUT2D eigenvalue weighted by Crippen LogP contribution is 2.20. The molecular formula is C14H24N2. The number of likely N-dealkylation sites (N-methyl/N-ethyl adjacent to an activating group) is 1.